The minimum absolute atomic E-state index is 0.667. The summed E-state index contributed by atoms with van der Waals surface area (Å²) in [5.41, 5.74) is 0. The molecule has 1 N–H and O–H groups in total. The van der Waals surface area contributed by atoms with Crippen LogP contribution in [0.3, 0.4) is 0 Å². The van der Waals surface area contributed by atoms with Gasteiger partial charge in [-0.25, -0.2) is 0 Å². The maximum Gasteiger partial charge on any atom is 0.0240 e. The third-order valence-corrected chi connectivity index (χ3v) is 2.80. The van der Waals surface area contributed by atoms with Gasteiger partial charge in [0, 0.05) is 12.1 Å². The molecule has 0 aliphatic rings. The lowest BCUT2D eigenvalue weighted by Crippen LogP contribution is -2.47. The molecule has 0 aliphatic heterocycles. The molecule has 0 saturated heterocycles. The lowest BCUT2D eigenvalue weighted by atomic mass is 10.00. The van der Waals surface area contributed by atoms with Crippen LogP contribution >= 0.6 is 0 Å². The van der Waals surface area contributed by atoms with Crippen LogP contribution in [0.25, 0.3) is 0 Å². The van der Waals surface area contributed by atoms with Gasteiger partial charge < -0.3 is 10.2 Å². The van der Waals surface area contributed by atoms with E-state index in [1.807, 2.05) is 0 Å². The summed E-state index contributed by atoms with van der Waals surface area (Å²) >= 11 is 0. The lowest BCUT2D eigenvalue weighted by Gasteiger charge is -2.32. The first kappa shape index (κ1) is 13.9. The highest BCUT2D eigenvalue weighted by molar-refractivity contribution is 4.80. The summed E-state index contributed by atoms with van der Waals surface area (Å²) in [6, 6.07) is 1.35. The van der Waals surface area contributed by atoms with Gasteiger partial charge in [0.2, 0.25) is 0 Å². The smallest absolute Gasteiger partial charge is 0.0240 e. The highest BCUT2D eigenvalue weighted by Crippen LogP contribution is 2.10. The zero-order chi connectivity index (χ0) is 11.0. The molecule has 0 aliphatic carbocycles. The van der Waals surface area contributed by atoms with Crippen LogP contribution in [-0.4, -0.2) is 37.6 Å². The lowest BCUT2D eigenvalue weighted by molar-refractivity contribution is 0.213. The Morgan fingerprint density at radius 1 is 1.07 bits per heavy atom. The van der Waals surface area contributed by atoms with Crippen molar-refractivity contribution in [1.82, 2.24) is 10.2 Å². The van der Waals surface area contributed by atoms with Gasteiger partial charge in [-0.1, -0.05) is 27.2 Å². The van der Waals surface area contributed by atoms with E-state index in [1.165, 1.54) is 25.7 Å². The number of nitrogens with one attached hydrogen (secondary N) is 1. The van der Waals surface area contributed by atoms with Crippen LogP contribution in [0.1, 0.15) is 46.5 Å². The van der Waals surface area contributed by atoms with Crippen LogP contribution in [0.2, 0.25) is 0 Å². The fourth-order valence-electron chi connectivity index (χ4n) is 2.08. The predicted molar refractivity (Wildman–Crippen MR) is 64.8 cm³/mol. The molecule has 86 valence electrons. The van der Waals surface area contributed by atoms with Gasteiger partial charge in [-0.2, -0.15) is 0 Å². The van der Waals surface area contributed by atoms with Gasteiger partial charge in [0.05, 0.1) is 0 Å². The van der Waals surface area contributed by atoms with Crippen LogP contribution in [-0.2, 0) is 0 Å². The Hall–Kier alpha value is -0.0800. The average Bonchev–Trinajstić information content (AvgIpc) is 2.14. The van der Waals surface area contributed by atoms with Crippen molar-refractivity contribution in [1.29, 1.82) is 0 Å². The van der Waals surface area contributed by atoms with E-state index in [4.69, 9.17) is 0 Å². The van der Waals surface area contributed by atoms with E-state index in [0.717, 1.165) is 6.54 Å². The molecule has 0 aromatic carbocycles. The van der Waals surface area contributed by atoms with E-state index in [9.17, 15) is 0 Å². The van der Waals surface area contributed by atoms with Crippen molar-refractivity contribution in [3.05, 3.63) is 0 Å². The summed E-state index contributed by atoms with van der Waals surface area (Å²) in [5, 5.41) is 3.66. The first-order valence-corrected chi connectivity index (χ1v) is 6.07. The van der Waals surface area contributed by atoms with Crippen molar-refractivity contribution >= 4 is 0 Å². The second-order valence-electron chi connectivity index (χ2n) is 4.29. The molecule has 0 fully saturated rings. The van der Waals surface area contributed by atoms with Crippen molar-refractivity contribution in [2.75, 3.05) is 20.6 Å². The van der Waals surface area contributed by atoms with Crippen LogP contribution in [0.5, 0.6) is 0 Å². The molecule has 0 saturated carbocycles. The maximum absolute atomic E-state index is 3.66. The van der Waals surface area contributed by atoms with Gasteiger partial charge in [0.25, 0.3) is 0 Å². The predicted octanol–water partition coefficient (Wildman–Crippen LogP) is 2.49. The molecule has 0 radical (unpaired) electrons. The Morgan fingerprint density at radius 3 is 2.07 bits per heavy atom. The molecule has 2 heteroatoms. The molecule has 0 aromatic heterocycles. The summed E-state index contributed by atoms with van der Waals surface area (Å²) in [6.45, 7) is 7.92. The second-order valence-corrected chi connectivity index (χ2v) is 4.29. The molecule has 0 bridgehead atoms. The Labute approximate surface area is 90.1 Å². The van der Waals surface area contributed by atoms with E-state index in [0.29, 0.717) is 12.1 Å². The number of likely N-dealkylation sites (N-methyl/N-ethyl adjacent to an activating group) is 1. The number of nitrogens with zero attached hydrogens (tertiary/aromatic N) is 1. The molecule has 14 heavy (non-hydrogen) atoms. The van der Waals surface area contributed by atoms with E-state index in [2.05, 4.69) is 45.1 Å². The van der Waals surface area contributed by atoms with E-state index in [-0.39, 0.29) is 0 Å². The Bertz CT molecular complexity index is 123. The van der Waals surface area contributed by atoms with Crippen LogP contribution in [0.4, 0.5) is 0 Å². The van der Waals surface area contributed by atoms with Crippen molar-refractivity contribution in [3.8, 4) is 0 Å². The zero-order valence-electron chi connectivity index (χ0n) is 10.6. The Kier molecular flexibility index (Phi) is 8.20. The highest BCUT2D eigenvalue weighted by Gasteiger charge is 2.19. The van der Waals surface area contributed by atoms with E-state index in [1.54, 1.807) is 0 Å². The fraction of sp³-hybridized carbons (Fsp3) is 1.00. The van der Waals surface area contributed by atoms with E-state index >= 15 is 0 Å². The second kappa shape index (κ2) is 8.25. The molecule has 2 nitrogen and oxygen atoms in total. The monoisotopic (exact) mass is 200 g/mol. The van der Waals surface area contributed by atoms with Gasteiger partial charge in [0.1, 0.15) is 0 Å². The van der Waals surface area contributed by atoms with Gasteiger partial charge in [-0.15, -0.1) is 0 Å². The average molecular weight is 200 g/mol. The third-order valence-electron chi connectivity index (χ3n) is 2.80. The molecule has 0 rings (SSSR count). The maximum atomic E-state index is 3.66. The van der Waals surface area contributed by atoms with Gasteiger partial charge in [-0.05, 0) is 39.9 Å². The van der Waals surface area contributed by atoms with Gasteiger partial charge in [0.15, 0.2) is 0 Å². The van der Waals surface area contributed by atoms with Crippen molar-refractivity contribution in [3.63, 3.8) is 0 Å². The summed E-state index contributed by atoms with van der Waals surface area (Å²) in [6.07, 6.45) is 5.01. The van der Waals surface area contributed by atoms with Gasteiger partial charge >= 0.3 is 0 Å². The molecule has 2 atom stereocenters. The summed E-state index contributed by atoms with van der Waals surface area (Å²) in [4.78, 5) is 2.35. The van der Waals surface area contributed by atoms with Crippen LogP contribution in [0.15, 0.2) is 0 Å². The molecule has 0 spiro atoms. The first-order chi connectivity index (χ1) is 6.67. The minimum Gasteiger partial charge on any atom is -0.312 e. The first-order valence-electron chi connectivity index (χ1n) is 6.07. The topological polar surface area (TPSA) is 15.3 Å². The summed E-state index contributed by atoms with van der Waals surface area (Å²) in [7, 11) is 4.37. The molecule has 0 heterocycles. The van der Waals surface area contributed by atoms with Crippen molar-refractivity contribution in [2.24, 2.45) is 0 Å². The van der Waals surface area contributed by atoms with Crippen LogP contribution in [0, 0.1) is 0 Å². The number of hydrogen-bond donors (Lipinski definition) is 1. The number of hydrogen-bond acceptors (Lipinski definition) is 2. The highest BCUT2D eigenvalue weighted by atomic mass is 15.1. The summed E-state index contributed by atoms with van der Waals surface area (Å²) in [5.74, 6) is 0. The Balaban J connectivity index is 4.12. The summed E-state index contributed by atoms with van der Waals surface area (Å²) < 4.78 is 0. The van der Waals surface area contributed by atoms with Crippen LogP contribution < -0.4 is 5.32 Å². The number of rotatable bonds is 8. The molecule has 2 unspecified atom stereocenters. The van der Waals surface area contributed by atoms with E-state index < -0.39 is 0 Å². The third kappa shape index (κ3) is 4.97. The van der Waals surface area contributed by atoms with Crippen molar-refractivity contribution in [2.45, 2.75) is 58.5 Å². The zero-order valence-corrected chi connectivity index (χ0v) is 10.6. The minimum atomic E-state index is 0.667. The normalized spacial score (nSPS) is 15.9. The van der Waals surface area contributed by atoms with Gasteiger partial charge in [-0.3, -0.25) is 0 Å². The fourth-order valence-corrected chi connectivity index (χ4v) is 2.08. The SMILES string of the molecule is CCCNC(CCC)C(CC)N(C)C. The molecular formula is C12H28N2. The Morgan fingerprint density at radius 2 is 1.71 bits per heavy atom. The standard InChI is InChI=1S/C12H28N2/c1-6-9-11(13-10-7-2)12(8-3)14(4)5/h11-13H,6-10H2,1-5H3. The quantitative estimate of drug-likeness (QED) is 0.647. The molecule has 0 amide bonds. The molecule has 0 aromatic rings. The largest absolute Gasteiger partial charge is 0.312 e. The van der Waals surface area contributed by atoms with Crippen molar-refractivity contribution < 1.29 is 0 Å². The molecular weight excluding hydrogens is 172 g/mol.